The van der Waals surface area contributed by atoms with Gasteiger partial charge in [0.2, 0.25) is 5.91 Å². The van der Waals surface area contributed by atoms with Crippen molar-refractivity contribution >= 4 is 11.9 Å². The number of urea groups is 1. The zero-order chi connectivity index (χ0) is 15.0. The van der Waals surface area contributed by atoms with Gasteiger partial charge in [-0.2, -0.15) is 0 Å². The van der Waals surface area contributed by atoms with Crippen LogP contribution in [0.5, 0.6) is 0 Å². The second-order valence-electron chi connectivity index (χ2n) is 6.26. The molecule has 0 radical (unpaired) electrons. The number of likely N-dealkylation sites (tertiary alicyclic amines) is 1. The Hall–Kier alpha value is -1.98. The lowest BCUT2D eigenvalue weighted by Crippen LogP contribution is -2.38. The number of nitrogens with one attached hydrogen (secondary N) is 1. The van der Waals surface area contributed by atoms with Crippen molar-refractivity contribution in [3.05, 3.63) is 24.2 Å². The summed E-state index contributed by atoms with van der Waals surface area (Å²) in [5, 5.41) is 2.92. The van der Waals surface area contributed by atoms with Gasteiger partial charge in [0.05, 0.1) is 12.8 Å². The highest BCUT2D eigenvalue weighted by Gasteiger charge is 2.61. The van der Waals surface area contributed by atoms with Crippen LogP contribution < -0.4 is 5.32 Å². The second-order valence-corrected chi connectivity index (χ2v) is 6.26. The third-order valence-electron chi connectivity index (χ3n) is 4.56. The standard InChI is InChI=1S/C15H21N3O3/c1-17(2)14(20)18-6-5-15(10-18)8-12(15)13(19)16-9-11-4-3-7-21-11/h3-4,7,12H,5-6,8-10H2,1-2H3,(H,16,19)/t12-,15-/m0/s1. The van der Waals surface area contributed by atoms with Gasteiger partial charge in [-0.3, -0.25) is 4.79 Å². The molecule has 1 aromatic heterocycles. The van der Waals surface area contributed by atoms with Gasteiger partial charge >= 0.3 is 6.03 Å². The fourth-order valence-electron chi connectivity index (χ4n) is 3.22. The van der Waals surface area contributed by atoms with E-state index in [0.29, 0.717) is 13.1 Å². The monoisotopic (exact) mass is 291 g/mol. The summed E-state index contributed by atoms with van der Waals surface area (Å²) >= 11 is 0. The number of carbonyl (C=O) groups excluding carboxylic acids is 2. The Morgan fingerprint density at radius 1 is 1.52 bits per heavy atom. The Bertz CT molecular complexity index is 540. The van der Waals surface area contributed by atoms with Crippen molar-refractivity contribution in [2.24, 2.45) is 11.3 Å². The lowest BCUT2D eigenvalue weighted by atomic mass is 10.0. The van der Waals surface area contributed by atoms with Crippen LogP contribution in [0.4, 0.5) is 4.79 Å². The first-order chi connectivity index (χ1) is 10.0. The molecule has 1 aromatic rings. The fraction of sp³-hybridized carbons (Fsp3) is 0.600. The van der Waals surface area contributed by atoms with Gasteiger partial charge in [0.1, 0.15) is 5.76 Å². The van der Waals surface area contributed by atoms with Gasteiger partial charge < -0.3 is 19.5 Å². The number of hydrogen-bond acceptors (Lipinski definition) is 3. The average molecular weight is 291 g/mol. The molecule has 0 unspecified atom stereocenters. The first kappa shape index (κ1) is 14.0. The molecule has 3 amide bonds. The molecule has 6 nitrogen and oxygen atoms in total. The van der Waals surface area contributed by atoms with Gasteiger partial charge in [-0.05, 0) is 25.0 Å². The minimum Gasteiger partial charge on any atom is -0.467 e. The van der Waals surface area contributed by atoms with Crippen LogP contribution in [0.1, 0.15) is 18.6 Å². The molecule has 0 aromatic carbocycles. The maximum atomic E-state index is 12.2. The van der Waals surface area contributed by atoms with Crippen molar-refractivity contribution in [1.29, 1.82) is 0 Å². The lowest BCUT2D eigenvalue weighted by Gasteiger charge is -2.21. The predicted molar refractivity (Wildman–Crippen MR) is 76.4 cm³/mol. The molecule has 1 spiro atoms. The van der Waals surface area contributed by atoms with E-state index in [0.717, 1.165) is 25.1 Å². The first-order valence-corrected chi connectivity index (χ1v) is 7.28. The van der Waals surface area contributed by atoms with Crippen LogP contribution in [0.2, 0.25) is 0 Å². The van der Waals surface area contributed by atoms with E-state index >= 15 is 0 Å². The lowest BCUT2D eigenvalue weighted by molar-refractivity contribution is -0.123. The Labute approximate surface area is 124 Å². The molecule has 21 heavy (non-hydrogen) atoms. The molecule has 1 N–H and O–H groups in total. The summed E-state index contributed by atoms with van der Waals surface area (Å²) in [5.74, 6) is 0.867. The number of rotatable bonds is 3. The van der Waals surface area contributed by atoms with Gasteiger partial charge in [-0.15, -0.1) is 0 Å². The highest BCUT2D eigenvalue weighted by molar-refractivity contribution is 5.83. The molecule has 2 fully saturated rings. The smallest absolute Gasteiger partial charge is 0.319 e. The van der Waals surface area contributed by atoms with Crippen LogP contribution in [0.3, 0.4) is 0 Å². The van der Waals surface area contributed by atoms with Gasteiger partial charge in [-0.25, -0.2) is 4.79 Å². The Morgan fingerprint density at radius 3 is 3.00 bits per heavy atom. The summed E-state index contributed by atoms with van der Waals surface area (Å²) in [6, 6.07) is 3.69. The van der Waals surface area contributed by atoms with Crippen molar-refractivity contribution in [2.75, 3.05) is 27.2 Å². The van der Waals surface area contributed by atoms with Crippen LogP contribution in [-0.2, 0) is 11.3 Å². The molecule has 2 atom stereocenters. The molecule has 3 rings (SSSR count). The Kier molecular flexibility index (Phi) is 3.39. The van der Waals surface area contributed by atoms with E-state index < -0.39 is 0 Å². The molecule has 0 bridgehead atoms. The van der Waals surface area contributed by atoms with Gasteiger partial charge in [0.15, 0.2) is 0 Å². The zero-order valence-corrected chi connectivity index (χ0v) is 12.5. The molecule has 114 valence electrons. The van der Waals surface area contributed by atoms with Crippen LogP contribution in [0.25, 0.3) is 0 Å². The summed E-state index contributed by atoms with van der Waals surface area (Å²) in [4.78, 5) is 27.6. The molecule has 1 saturated carbocycles. The Morgan fingerprint density at radius 2 is 2.33 bits per heavy atom. The number of carbonyl (C=O) groups is 2. The largest absolute Gasteiger partial charge is 0.467 e. The summed E-state index contributed by atoms with van der Waals surface area (Å²) in [5.41, 5.74) is 0.0128. The highest BCUT2D eigenvalue weighted by Crippen LogP contribution is 2.58. The van der Waals surface area contributed by atoms with Crippen LogP contribution in [-0.4, -0.2) is 48.9 Å². The van der Waals surface area contributed by atoms with E-state index in [9.17, 15) is 9.59 Å². The van der Waals surface area contributed by atoms with E-state index in [1.165, 1.54) is 0 Å². The van der Waals surface area contributed by atoms with E-state index in [2.05, 4.69) is 5.32 Å². The minimum atomic E-state index is 0.0128. The first-order valence-electron chi connectivity index (χ1n) is 7.28. The van der Waals surface area contributed by atoms with E-state index in [-0.39, 0.29) is 23.3 Å². The third kappa shape index (κ3) is 2.62. The Balaban J connectivity index is 1.51. The molecule has 2 heterocycles. The maximum Gasteiger partial charge on any atom is 0.319 e. The normalized spacial score (nSPS) is 27.0. The summed E-state index contributed by atoms with van der Waals surface area (Å²) in [6.07, 6.45) is 3.40. The fourth-order valence-corrected chi connectivity index (χ4v) is 3.22. The number of hydrogen-bond donors (Lipinski definition) is 1. The molecule has 1 saturated heterocycles. The van der Waals surface area contributed by atoms with Crippen LogP contribution >= 0.6 is 0 Å². The maximum absolute atomic E-state index is 12.2. The molecule has 1 aliphatic carbocycles. The quantitative estimate of drug-likeness (QED) is 0.912. The van der Waals surface area contributed by atoms with Crippen molar-refractivity contribution in [1.82, 2.24) is 15.1 Å². The number of furan rings is 1. The summed E-state index contributed by atoms with van der Waals surface area (Å²) in [7, 11) is 3.52. The van der Waals surface area contributed by atoms with E-state index in [4.69, 9.17) is 4.42 Å². The average Bonchev–Trinajstić information content (AvgIpc) is 2.83. The van der Waals surface area contributed by atoms with Crippen molar-refractivity contribution < 1.29 is 14.0 Å². The van der Waals surface area contributed by atoms with Crippen LogP contribution in [0.15, 0.2) is 22.8 Å². The van der Waals surface area contributed by atoms with E-state index in [1.807, 2.05) is 17.0 Å². The topological polar surface area (TPSA) is 65.8 Å². The summed E-state index contributed by atoms with van der Waals surface area (Å²) < 4.78 is 5.20. The van der Waals surface area contributed by atoms with Crippen molar-refractivity contribution in [3.8, 4) is 0 Å². The molecule has 6 heteroatoms. The molecular formula is C15H21N3O3. The molecule has 1 aliphatic heterocycles. The highest BCUT2D eigenvalue weighted by atomic mass is 16.3. The van der Waals surface area contributed by atoms with Crippen molar-refractivity contribution in [3.63, 3.8) is 0 Å². The van der Waals surface area contributed by atoms with Gasteiger partial charge in [0.25, 0.3) is 0 Å². The third-order valence-corrected chi connectivity index (χ3v) is 4.56. The van der Waals surface area contributed by atoms with Crippen molar-refractivity contribution in [2.45, 2.75) is 19.4 Å². The number of amides is 3. The van der Waals surface area contributed by atoms with Gasteiger partial charge in [-0.1, -0.05) is 0 Å². The minimum absolute atomic E-state index is 0.0128. The second kappa shape index (κ2) is 5.09. The predicted octanol–water partition coefficient (Wildman–Crippen LogP) is 1.29. The van der Waals surface area contributed by atoms with E-state index in [1.54, 1.807) is 25.3 Å². The zero-order valence-electron chi connectivity index (χ0n) is 12.5. The van der Waals surface area contributed by atoms with Crippen LogP contribution in [0, 0.1) is 11.3 Å². The summed E-state index contributed by atoms with van der Waals surface area (Å²) in [6.45, 7) is 1.88. The number of nitrogens with zero attached hydrogens (tertiary/aromatic N) is 2. The molecule has 2 aliphatic rings. The van der Waals surface area contributed by atoms with Gasteiger partial charge in [0, 0.05) is 38.5 Å². The SMILES string of the molecule is CN(C)C(=O)N1CC[C@]2(C[C@H]2C(=O)NCc2ccco2)C1. The molecular weight excluding hydrogens is 270 g/mol.